The van der Waals surface area contributed by atoms with Gasteiger partial charge in [0.15, 0.2) is 0 Å². The Morgan fingerprint density at radius 3 is 2.58 bits per heavy atom. The Balaban J connectivity index is 1.61. The molecule has 1 N–H and O–H groups in total. The zero-order chi connectivity index (χ0) is 18.4. The SMILES string of the molecule is CC(C)COc1ccc(-c2nc(C(=O)NCc3ccncc3)cs2)cc1. The van der Waals surface area contributed by atoms with E-state index in [9.17, 15) is 4.79 Å². The molecule has 0 aliphatic rings. The molecule has 0 saturated heterocycles. The summed E-state index contributed by atoms with van der Waals surface area (Å²) in [5.74, 6) is 1.15. The van der Waals surface area contributed by atoms with Gasteiger partial charge >= 0.3 is 0 Å². The third-order valence-corrected chi connectivity index (χ3v) is 4.52. The number of pyridine rings is 1. The lowest BCUT2D eigenvalue weighted by atomic mass is 10.2. The van der Waals surface area contributed by atoms with E-state index in [0.717, 1.165) is 21.9 Å². The highest BCUT2D eigenvalue weighted by Crippen LogP contribution is 2.26. The van der Waals surface area contributed by atoms with Crippen molar-refractivity contribution in [1.82, 2.24) is 15.3 Å². The zero-order valence-corrected chi connectivity index (χ0v) is 15.6. The molecule has 134 valence electrons. The first kappa shape index (κ1) is 18.1. The van der Waals surface area contributed by atoms with Gasteiger partial charge in [0.2, 0.25) is 0 Å². The van der Waals surface area contributed by atoms with Gasteiger partial charge in [0.05, 0.1) is 6.61 Å². The maximum absolute atomic E-state index is 12.3. The van der Waals surface area contributed by atoms with Crippen LogP contribution in [0, 0.1) is 5.92 Å². The zero-order valence-electron chi connectivity index (χ0n) is 14.8. The van der Waals surface area contributed by atoms with Crippen LogP contribution in [0.2, 0.25) is 0 Å². The van der Waals surface area contributed by atoms with Crippen LogP contribution in [0.15, 0.2) is 54.2 Å². The van der Waals surface area contributed by atoms with Crippen molar-refractivity contribution in [3.63, 3.8) is 0 Å². The van der Waals surface area contributed by atoms with Crippen molar-refractivity contribution in [2.24, 2.45) is 5.92 Å². The molecule has 1 amide bonds. The predicted octanol–water partition coefficient (Wildman–Crippen LogP) is 4.17. The molecular formula is C20H21N3O2S. The molecule has 26 heavy (non-hydrogen) atoms. The second kappa shape index (κ2) is 8.58. The van der Waals surface area contributed by atoms with Crippen LogP contribution < -0.4 is 10.1 Å². The number of nitrogens with zero attached hydrogens (tertiary/aromatic N) is 2. The average Bonchev–Trinajstić information content (AvgIpc) is 3.16. The van der Waals surface area contributed by atoms with Crippen LogP contribution in [0.5, 0.6) is 5.75 Å². The van der Waals surface area contributed by atoms with Gasteiger partial charge in [0, 0.05) is 29.9 Å². The first-order chi connectivity index (χ1) is 12.6. The molecule has 0 spiro atoms. The maximum atomic E-state index is 12.3. The molecule has 0 radical (unpaired) electrons. The van der Waals surface area contributed by atoms with Crippen molar-refractivity contribution in [2.45, 2.75) is 20.4 Å². The summed E-state index contributed by atoms with van der Waals surface area (Å²) in [5, 5.41) is 5.47. The van der Waals surface area contributed by atoms with E-state index in [-0.39, 0.29) is 5.91 Å². The monoisotopic (exact) mass is 367 g/mol. The van der Waals surface area contributed by atoms with E-state index in [0.29, 0.717) is 24.8 Å². The highest BCUT2D eigenvalue weighted by Gasteiger charge is 2.12. The summed E-state index contributed by atoms with van der Waals surface area (Å²) in [6, 6.07) is 11.5. The van der Waals surface area contributed by atoms with Crippen LogP contribution in [-0.2, 0) is 6.54 Å². The topological polar surface area (TPSA) is 64.1 Å². The van der Waals surface area contributed by atoms with E-state index < -0.39 is 0 Å². The Kier molecular flexibility index (Phi) is 5.96. The first-order valence-corrected chi connectivity index (χ1v) is 9.35. The Bertz CT molecular complexity index is 845. The maximum Gasteiger partial charge on any atom is 0.271 e. The van der Waals surface area contributed by atoms with Crippen molar-refractivity contribution >= 4 is 17.2 Å². The largest absolute Gasteiger partial charge is 0.493 e. The van der Waals surface area contributed by atoms with Gasteiger partial charge in [-0.3, -0.25) is 9.78 Å². The van der Waals surface area contributed by atoms with Gasteiger partial charge < -0.3 is 10.1 Å². The molecule has 0 atom stereocenters. The minimum Gasteiger partial charge on any atom is -0.493 e. The van der Waals surface area contributed by atoms with Crippen LogP contribution in [0.4, 0.5) is 0 Å². The predicted molar refractivity (Wildman–Crippen MR) is 103 cm³/mol. The van der Waals surface area contributed by atoms with Gasteiger partial charge in [-0.05, 0) is 47.9 Å². The molecule has 0 aliphatic carbocycles. The second-order valence-corrected chi connectivity index (χ2v) is 7.16. The van der Waals surface area contributed by atoms with Gasteiger partial charge in [0.1, 0.15) is 16.5 Å². The highest BCUT2D eigenvalue weighted by atomic mass is 32.1. The fraction of sp³-hybridized carbons (Fsp3) is 0.250. The molecular weight excluding hydrogens is 346 g/mol. The molecule has 0 saturated carbocycles. The number of carbonyl (C=O) groups is 1. The Morgan fingerprint density at radius 1 is 1.15 bits per heavy atom. The number of rotatable bonds is 7. The summed E-state index contributed by atoms with van der Waals surface area (Å²) in [6.07, 6.45) is 3.41. The van der Waals surface area contributed by atoms with Gasteiger partial charge in [-0.15, -0.1) is 11.3 Å². The lowest BCUT2D eigenvalue weighted by molar-refractivity contribution is 0.0946. The average molecular weight is 367 g/mol. The number of amides is 1. The van der Waals surface area contributed by atoms with Crippen molar-refractivity contribution in [3.05, 3.63) is 65.4 Å². The smallest absolute Gasteiger partial charge is 0.271 e. The van der Waals surface area contributed by atoms with Crippen LogP contribution in [0.1, 0.15) is 29.9 Å². The fourth-order valence-electron chi connectivity index (χ4n) is 2.24. The third kappa shape index (κ3) is 4.89. The van der Waals surface area contributed by atoms with E-state index in [1.165, 1.54) is 11.3 Å². The summed E-state index contributed by atoms with van der Waals surface area (Å²) >= 11 is 1.45. The minimum absolute atomic E-state index is 0.179. The molecule has 0 aliphatic heterocycles. The molecule has 0 bridgehead atoms. The molecule has 0 fully saturated rings. The van der Waals surface area contributed by atoms with Gasteiger partial charge in [-0.2, -0.15) is 0 Å². The summed E-state index contributed by atoms with van der Waals surface area (Å²) in [7, 11) is 0. The molecule has 0 unspecified atom stereocenters. The van der Waals surface area contributed by atoms with E-state index >= 15 is 0 Å². The number of nitrogens with one attached hydrogen (secondary N) is 1. The van der Waals surface area contributed by atoms with E-state index in [1.54, 1.807) is 17.8 Å². The van der Waals surface area contributed by atoms with Gasteiger partial charge in [-0.1, -0.05) is 13.8 Å². The third-order valence-electron chi connectivity index (χ3n) is 3.62. The summed E-state index contributed by atoms with van der Waals surface area (Å²) in [4.78, 5) is 20.7. The number of benzene rings is 1. The Morgan fingerprint density at radius 2 is 1.88 bits per heavy atom. The van der Waals surface area contributed by atoms with E-state index in [2.05, 4.69) is 29.1 Å². The van der Waals surface area contributed by atoms with Crippen molar-refractivity contribution in [3.8, 4) is 16.3 Å². The highest BCUT2D eigenvalue weighted by molar-refractivity contribution is 7.13. The molecule has 3 aromatic rings. The molecule has 1 aromatic carbocycles. The minimum atomic E-state index is -0.179. The second-order valence-electron chi connectivity index (χ2n) is 6.31. The summed E-state index contributed by atoms with van der Waals surface area (Å²) in [5.41, 5.74) is 2.40. The first-order valence-electron chi connectivity index (χ1n) is 8.47. The molecule has 5 nitrogen and oxygen atoms in total. The van der Waals surface area contributed by atoms with Crippen LogP contribution in [0.25, 0.3) is 10.6 Å². The van der Waals surface area contributed by atoms with Crippen LogP contribution >= 0.6 is 11.3 Å². The summed E-state index contributed by atoms with van der Waals surface area (Å²) < 4.78 is 5.69. The van der Waals surface area contributed by atoms with Crippen LogP contribution in [0.3, 0.4) is 0 Å². The quantitative estimate of drug-likeness (QED) is 0.681. The van der Waals surface area contributed by atoms with E-state index in [4.69, 9.17) is 4.74 Å². The van der Waals surface area contributed by atoms with Gasteiger partial charge in [0.25, 0.3) is 5.91 Å². The molecule has 6 heteroatoms. The standard InChI is InChI=1S/C20H21N3O2S/c1-14(2)12-25-17-5-3-16(4-6-17)20-23-18(13-26-20)19(24)22-11-15-7-9-21-10-8-15/h3-10,13-14H,11-12H2,1-2H3,(H,22,24). The Labute approximate surface area is 157 Å². The lowest BCUT2D eigenvalue weighted by Gasteiger charge is -2.08. The Hall–Kier alpha value is -2.73. The van der Waals surface area contributed by atoms with Crippen LogP contribution in [-0.4, -0.2) is 22.5 Å². The van der Waals surface area contributed by atoms with E-state index in [1.807, 2.05) is 36.4 Å². The molecule has 2 aromatic heterocycles. The number of aromatic nitrogens is 2. The van der Waals surface area contributed by atoms with Gasteiger partial charge in [-0.25, -0.2) is 4.98 Å². The normalized spacial score (nSPS) is 10.7. The van der Waals surface area contributed by atoms with Crippen molar-refractivity contribution in [2.75, 3.05) is 6.61 Å². The number of hydrogen-bond acceptors (Lipinski definition) is 5. The van der Waals surface area contributed by atoms with Crippen molar-refractivity contribution < 1.29 is 9.53 Å². The number of carbonyl (C=O) groups excluding carboxylic acids is 1. The molecule has 3 rings (SSSR count). The number of thiazole rings is 1. The number of ether oxygens (including phenoxy) is 1. The molecule has 2 heterocycles. The summed E-state index contributed by atoms with van der Waals surface area (Å²) in [6.45, 7) is 5.38. The lowest BCUT2D eigenvalue weighted by Crippen LogP contribution is -2.23. The van der Waals surface area contributed by atoms with Crippen molar-refractivity contribution in [1.29, 1.82) is 0 Å². The fourth-order valence-corrected chi connectivity index (χ4v) is 3.05. The number of hydrogen-bond donors (Lipinski definition) is 1.